The number of esters is 1. The van der Waals surface area contributed by atoms with Crippen molar-refractivity contribution in [3.05, 3.63) is 23.9 Å². The second-order valence-electron chi connectivity index (χ2n) is 7.93. The summed E-state index contributed by atoms with van der Waals surface area (Å²) in [6.07, 6.45) is 1.68. The van der Waals surface area contributed by atoms with Crippen LogP contribution in [-0.4, -0.2) is 50.7 Å². The van der Waals surface area contributed by atoms with Crippen molar-refractivity contribution >= 4 is 28.5 Å². The van der Waals surface area contributed by atoms with Gasteiger partial charge in [0.05, 0.1) is 51.5 Å². The van der Waals surface area contributed by atoms with E-state index in [1.165, 1.54) is 18.4 Å². The molecule has 0 aliphatic carbocycles. The fraction of sp³-hybridized carbons (Fsp3) is 0.524. The Balaban J connectivity index is 1.74. The number of amides is 1. The van der Waals surface area contributed by atoms with Gasteiger partial charge in [-0.25, -0.2) is 4.79 Å². The minimum atomic E-state index is -0.519. The zero-order valence-corrected chi connectivity index (χ0v) is 17.1. The van der Waals surface area contributed by atoms with Crippen molar-refractivity contribution < 1.29 is 24.0 Å². The summed E-state index contributed by atoms with van der Waals surface area (Å²) in [5, 5.41) is 3.68. The van der Waals surface area contributed by atoms with Gasteiger partial charge in [-0.1, -0.05) is 13.8 Å². The van der Waals surface area contributed by atoms with Crippen LogP contribution in [0.15, 0.2) is 18.2 Å². The van der Waals surface area contributed by atoms with Crippen LogP contribution in [0, 0.1) is 11.8 Å². The highest BCUT2D eigenvalue weighted by atomic mass is 16.5. The molecule has 1 aromatic carbocycles. The van der Waals surface area contributed by atoms with Crippen LogP contribution >= 0.6 is 0 Å². The Morgan fingerprint density at radius 3 is 2.57 bits per heavy atom. The number of hydrogen-bond acceptors (Lipinski definition) is 4. The van der Waals surface area contributed by atoms with Crippen LogP contribution < -0.4 is 15.0 Å². The molecule has 3 N–H and O–H groups in total. The molecule has 7 heteroatoms. The monoisotopic (exact) mass is 388 g/mol. The number of piperidine rings is 1. The van der Waals surface area contributed by atoms with Crippen LogP contribution in [0.2, 0.25) is 0 Å². The number of methoxy groups -OCH3 is 2. The number of rotatable bonds is 6. The lowest BCUT2D eigenvalue weighted by atomic mass is 9.92. The third kappa shape index (κ3) is 4.47. The quantitative estimate of drug-likeness (QED) is 0.660. The van der Waals surface area contributed by atoms with E-state index in [4.69, 9.17) is 9.47 Å². The molecule has 2 heterocycles. The molecule has 1 unspecified atom stereocenters. The topological polar surface area (TPSA) is 84.9 Å². The molecule has 1 aliphatic rings. The third-order valence-corrected chi connectivity index (χ3v) is 5.44. The lowest BCUT2D eigenvalue weighted by Crippen LogP contribution is -3.14. The van der Waals surface area contributed by atoms with Gasteiger partial charge in [0.25, 0.3) is 0 Å². The molecule has 1 aromatic heterocycles. The van der Waals surface area contributed by atoms with E-state index < -0.39 is 5.97 Å². The SMILES string of the molecule is COC(=O)c1[nH]c2cc(OC)ccc2c1NC(=O)CC[NH+]1C[C@H](C)C[C@H](C)C1. The standard InChI is InChI=1S/C21H29N3O4/c1-13-9-14(2)12-24(11-13)8-7-18(25)23-19-16-6-5-15(27-3)10-17(16)22-20(19)21(26)28-4/h5-6,10,13-14,22H,7-9,11-12H2,1-4H3,(H,23,25)/p+1/t13-,14+. The lowest BCUT2D eigenvalue weighted by Gasteiger charge is -2.31. The van der Waals surface area contributed by atoms with Crippen LogP contribution in [0.4, 0.5) is 5.69 Å². The summed E-state index contributed by atoms with van der Waals surface area (Å²) in [4.78, 5) is 29.3. The van der Waals surface area contributed by atoms with Gasteiger partial charge in [0.2, 0.25) is 5.91 Å². The van der Waals surface area contributed by atoms with E-state index in [2.05, 4.69) is 24.1 Å². The average molecular weight is 388 g/mol. The fourth-order valence-corrected chi connectivity index (χ4v) is 4.31. The zero-order valence-electron chi connectivity index (χ0n) is 17.1. The molecule has 0 radical (unpaired) electrons. The second-order valence-corrected chi connectivity index (χ2v) is 7.93. The van der Waals surface area contributed by atoms with Crippen LogP contribution in [0.3, 0.4) is 0 Å². The fourth-order valence-electron chi connectivity index (χ4n) is 4.31. The molecule has 0 spiro atoms. The first kappa shape index (κ1) is 20.2. The molecule has 1 saturated heterocycles. The first-order valence-electron chi connectivity index (χ1n) is 9.82. The van der Waals surface area contributed by atoms with Gasteiger partial charge in [-0.2, -0.15) is 0 Å². The van der Waals surface area contributed by atoms with Gasteiger partial charge in [-0.15, -0.1) is 0 Å². The lowest BCUT2D eigenvalue weighted by molar-refractivity contribution is -0.911. The van der Waals surface area contributed by atoms with Crippen molar-refractivity contribution in [1.29, 1.82) is 0 Å². The predicted molar refractivity (Wildman–Crippen MR) is 108 cm³/mol. The second kappa shape index (κ2) is 8.65. The number of carbonyl (C=O) groups is 2. The Hall–Kier alpha value is -2.54. The van der Waals surface area contributed by atoms with E-state index in [1.54, 1.807) is 19.2 Å². The number of hydrogen-bond donors (Lipinski definition) is 3. The molecule has 1 aliphatic heterocycles. The maximum absolute atomic E-state index is 12.6. The minimum absolute atomic E-state index is 0.0970. The summed E-state index contributed by atoms with van der Waals surface area (Å²) in [5.41, 5.74) is 1.41. The maximum atomic E-state index is 12.6. The van der Waals surface area contributed by atoms with E-state index >= 15 is 0 Å². The highest BCUT2D eigenvalue weighted by Gasteiger charge is 2.26. The number of carbonyl (C=O) groups excluding carboxylic acids is 2. The highest BCUT2D eigenvalue weighted by molar-refractivity contribution is 6.11. The summed E-state index contributed by atoms with van der Waals surface area (Å²) in [6.45, 7) is 7.57. The number of fused-ring (bicyclic) bond motifs is 1. The van der Waals surface area contributed by atoms with Crippen LogP contribution in [0.25, 0.3) is 10.9 Å². The Morgan fingerprint density at radius 1 is 1.21 bits per heavy atom. The molecular weight excluding hydrogens is 358 g/mol. The van der Waals surface area contributed by atoms with Gasteiger partial charge >= 0.3 is 5.97 Å². The Morgan fingerprint density at radius 2 is 1.93 bits per heavy atom. The highest BCUT2D eigenvalue weighted by Crippen LogP contribution is 2.31. The minimum Gasteiger partial charge on any atom is -0.497 e. The van der Waals surface area contributed by atoms with Crippen molar-refractivity contribution in [3.8, 4) is 5.75 Å². The molecule has 1 fully saturated rings. The summed E-state index contributed by atoms with van der Waals surface area (Å²) >= 11 is 0. The van der Waals surface area contributed by atoms with Crippen molar-refractivity contribution in [2.45, 2.75) is 26.7 Å². The summed E-state index contributed by atoms with van der Waals surface area (Å²) < 4.78 is 10.1. The normalized spacial score (nSPS) is 22.1. The first-order chi connectivity index (χ1) is 13.4. The Bertz CT molecular complexity index is 851. The van der Waals surface area contributed by atoms with Gasteiger partial charge in [-0.05, 0) is 18.6 Å². The van der Waals surface area contributed by atoms with E-state index in [-0.39, 0.29) is 11.6 Å². The number of H-pyrrole nitrogens is 1. The molecule has 1 amide bonds. The number of aromatic amines is 1. The van der Waals surface area contributed by atoms with Crippen molar-refractivity contribution in [2.24, 2.45) is 11.8 Å². The smallest absolute Gasteiger partial charge is 0.356 e. The van der Waals surface area contributed by atoms with E-state index in [0.29, 0.717) is 35.2 Å². The van der Waals surface area contributed by atoms with Gasteiger partial charge in [0, 0.05) is 23.3 Å². The number of aromatic nitrogens is 1. The maximum Gasteiger partial charge on any atom is 0.356 e. The van der Waals surface area contributed by atoms with E-state index in [1.807, 2.05) is 6.07 Å². The van der Waals surface area contributed by atoms with Crippen molar-refractivity contribution in [3.63, 3.8) is 0 Å². The number of likely N-dealkylation sites (tertiary alicyclic amines) is 1. The first-order valence-corrected chi connectivity index (χ1v) is 9.82. The van der Waals surface area contributed by atoms with E-state index in [9.17, 15) is 9.59 Å². The van der Waals surface area contributed by atoms with Crippen LogP contribution in [0.1, 0.15) is 37.2 Å². The molecule has 152 valence electrons. The van der Waals surface area contributed by atoms with Gasteiger partial charge < -0.3 is 24.7 Å². The van der Waals surface area contributed by atoms with E-state index in [0.717, 1.165) is 25.0 Å². The number of ether oxygens (including phenoxy) is 2. The van der Waals surface area contributed by atoms with Crippen molar-refractivity contribution in [1.82, 2.24) is 4.98 Å². The molecule has 3 atom stereocenters. The largest absolute Gasteiger partial charge is 0.497 e. The number of anilines is 1. The molecule has 7 nitrogen and oxygen atoms in total. The summed E-state index contributed by atoms with van der Waals surface area (Å²) in [5.74, 6) is 1.43. The van der Waals surface area contributed by atoms with Crippen LogP contribution in [0.5, 0.6) is 5.75 Å². The number of nitrogens with one attached hydrogen (secondary N) is 3. The molecule has 3 rings (SSSR count). The average Bonchev–Trinajstić information content (AvgIpc) is 3.02. The molecule has 2 aromatic rings. The van der Waals surface area contributed by atoms with Gasteiger partial charge in [0.15, 0.2) is 0 Å². The molecule has 0 bridgehead atoms. The van der Waals surface area contributed by atoms with Gasteiger partial charge in [0.1, 0.15) is 11.4 Å². The third-order valence-electron chi connectivity index (χ3n) is 5.44. The van der Waals surface area contributed by atoms with Crippen molar-refractivity contribution in [2.75, 3.05) is 39.2 Å². The number of quaternary nitrogens is 1. The molecular formula is C21H30N3O4+. The Labute approximate surface area is 165 Å². The molecule has 28 heavy (non-hydrogen) atoms. The summed E-state index contributed by atoms with van der Waals surface area (Å²) in [6, 6.07) is 5.41. The predicted octanol–water partition coefficient (Wildman–Crippen LogP) is 1.85. The number of benzene rings is 1. The summed E-state index contributed by atoms with van der Waals surface area (Å²) in [7, 11) is 2.90. The molecule has 0 saturated carbocycles. The van der Waals surface area contributed by atoms with Crippen LogP contribution in [-0.2, 0) is 9.53 Å². The zero-order chi connectivity index (χ0) is 20.3. The Kier molecular flexibility index (Phi) is 6.24. The van der Waals surface area contributed by atoms with Gasteiger partial charge in [-0.3, -0.25) is 4.79 Å².